The SMILES string of the molecule is CCN(CC1CCN(Cc2ccccc2)C1)C(=O)c1cnc(C)s1. The third kappa shape index (κ3) is 4.22. The number of carbonyl (C=O) groups excluding carboxylic acids is 1. The van der Waals surface area contributed by atoms with Crippen LogP contribution in [0.3, 0.4) is 0 Å². The van der Waals surface area contributed by atoms with Gasteiger partial charge in [0.15, 0.2) is 0 Å². The average molecular weight is 343 g/mol. The highest BCUT2D eigenvalue weighted by atomic mass is 32.1. The average Bonchev–Trinajstić information content (AvgIpc) is 3.22. The number of benzene rings is 1. The maximum Gasteiger partial charge on any atom is 0.265 e. The molecule has 2 aromatic rings. The number of hydrogen-bond acceptors (Lipinski definition) is 4. The van der Waals surface area contributed by atoms with Gasteiger partial charge >= 0.3 is 0 Å². The molecule has 128 valence electrons. The molecule has 0 bridgehead atoms. The smallest absolute Gasteiger partial charge is 0.265 e. The number of amides is 1. The predicted molar refractivity (Wildman–Crippen MR) is 98.3 cm³/mol. The zero-order valence-corrected chi connectivity index (χ0v) is 15.3. The molecule has 1 aromatic carbocycles. The van der Waals surface area contributed by atoms with Crippen LogP contribution in [0.15, 0.2) is 36.5 Å². The first-order valence-corrected chi connectivity index (χ1v) is 9.45. The standard InChI is InChI=1S/C19H25N3OS/c1-3-22(19(23)18-11-20-15(2)24-18)14-17-9-10-21(13-17)12-16-7-5-4-6-8-16/h4-8,11,17H,3,9-10,12-14H2,1-2H3. The van der Waals surface area contributed by atoms with Crippen LogP contribution in [-0.4, -0.2) is 46.9 Å². The fourth-order valence-corrected chi connectivity index (χ4v) is 4.08. The lowest BCUT2D eigenvalue weighted by molar-refractivity contribution is 0.0743. The Balaban J connectivity index is 1.54. The molecule has 1 atom stereocenters. The van der Waals surface area contributed by atoms with Gasteiger partial charge in [0.1, 0.15) is 4.88 Å². The van der Waals surface area contributed by atoms with E-state index in [-0.39, 0.29) is 5.91 Å². The molecular weight excluding hydrogens is 318 g/mol. The molecule has 1 unspecified atom stereocenters. The summed E-state index contributed by atoms with van der Waals surface area (Å²) >= 11 is 1.49. The molecule has 0 spiro atoms. The summed E-state index contributed by atoms with van der Waals surface area (Å²) in [5.41, 5.74) is 1.36. The lowest BCUT2D eigenvalue weighted by atomic mass is 10.1. The predicted octanol–water partition coefficient (Wildman–Crippen LogP) is 3.44. The summed E-state index contributed by atoms with van der Waals surface area (Å²) < 4.78 is 0. The van der Waals surface area contributed by atoms with E-state index in [0.717, 1.165) is 42.6 Å². The van der Waals surface area contributed by atoms with Crippen molar-refractivity contribution in [2.75, 3.05) is 26.2 Å². The van der Waals surface area contributed by atoms with E-state index in [1.165, 1.54) is 23.3 Å². The van der Waals surface area contributed by atoms with Gasteiger partial charge in [-0.15, -0.1) is 11.3 Å². The maximum absolute atomic E-state index is 12.6. The highest BCUT2D eigenvalue weighted by molar-refractivity contribution is 7.13. The van der Waals surface area contributed by atoms with Crippen molar-refractivity contribution < 1.29 is 4.79 Å². The summed E-state index contributed by atoms with van der Waals surface area (Å²) in [6.45, 7) is 8.79. The van der Waals surface area contributed by atoms with Crippen molar-refractivity contribution >= 4 is 17.2 Å². The van der Waals surface area contributed by atoms with Crippen molar-refractivity contribution in [1.82, 2.24) is 14.8 Å². The Morgan fingerprint density at radius 1 is 1.38 bits per heavy atom. The van der Waals surface area contributed by atoms with Crippen LogP contribution in [0.25, 0.3) is 0 Å². The summed E-state index contributed by atoms with van der Waals surface area (Å²) in [4.78, 5) is 22.1. The molecule has 0 N–H and O–H groups in total. The molecule has 2 heterocycles. The van der Waals surface area contributed by atoms with Crippen LogP contribution in [0, 0.1) is 12.8 Å². The van der Waals surface area contributed by atoms with Crippen molar-refractivity contribution in [3.05, 3.63) is 52.0 Å². The fourth-order valence-electron chi connectivity index (χ4n) is 3.33. The van der Waals surface area contributed by atoms with Crippen LogP contribution >= 0.6 is 11.3 Å². The van der Waals surface area contributed by atoms with Crippen molar-refractivity contribution in [2.24, 2.45) is 5.92 Å². The summed E-state index contributed by atoms with van der Waals surface area (Å²) in [6, 6.07) is 10.6. The molecule has 3 rings (SSSR count). The number of rotatable bonds is 6. The minimum atomic E-state index is 0.129. The van der Waals surface area contributed by atoms with Crippen LogP contribution in [-0.2, 0) is 6.54 Å². The zero-order chi connectivity index (χ0) is 16.9. The van der Waals surface area contributed by atoms with Crippen molar-refractivity contribution in [3.8, 4) is 0 Å². The van der Waals surface area contributed by atoms with Crippen LogP contribution in [0.2, 0.25) is 0 Å². The van der Waals surface area contributed by atoms with E-state index < -0.39 is 0 Å². The number of nitrogens with zero attached hydrogens (tertiary/aromatic N) is 3. The Morgan fingerprint density at radius 2 is 2.17 bits per heavy atom. The number of carbonyl (C=O) groups is 1. The molecule has 0 radical (unpaired) electrons. The van der Waals surface area contributed by atoms with E-state index in [9.17, 15) is 4.79 Å². The highest BCUT2D eigenvalue weighted by Gasteiger charge is 2.26. The number of thiazole rings is 1. The van der Waals surface area contributed by atoms with E-state index in [1.807, 2.05) is 11.8 Å². The Morgan fingerprint density at radius 3 is 2.83 bits per heavy atom. The molecule has 1 aliphatic rings. The number of aryl methyl sites for hydroxylation is 1. The quantitative estimate of drug-likeness (QED) is 0.806. The molecule has 0 aliphatic carbocycles. The first kappa shape index (κ1) is 17.1. The van der Waals surface area contributed by atoms with Gasteiger partial charge < -0.3 is 4.90 Å². The van der Waals surface area contributed by atoms with Crippen LogP contribution in [0.4, 0.5) is 0 Å². The Hall–Kier alpha value is -1.72. The number of likely N-dealkylation sites (tertiary alicyclic amines) is 1. The molecule has 5 heteroatoms. The van der Waals surface area contributed by atoms with E-state index in [1.54, 1.807) is 6.20 Å². The molecule has 0 saturated carbocycles. The van der Waals surface area contributed by atoms with Gasteiger partial charge in [0.05, 0.1) is 11.2 Å². The molecule has 1 aromatic heterocycles. The van der Waals surface area contributed by atoms with Gasteiger partial charge in [0, 0.05) is 26.2 Å². The largest absolute Gasteiger partial charge is 0.338 e. The normalized spacial score (nSPS) is 18.0. The molecule has 1 saturated heterocycles. The molecule has 1 aliphatic heterocycles. The third-order valence-electron chi connectivity index (χ3n) is 4.60. The van der Waals surface area contributed by atoms with Gasteiger partial charge in [0.25, 0.3) is 5.91 Å². The summed E-state index contributed by atoms with van der Waals surface area (Å²) in [5, 5.41) is 0.948. The molecule has 4 nitrogen and oxygen atoms in total. The number of hydrogen-bond donors (Lipinski definition) is 0. The maximum atomic E-state index is 12.6. The minimum absolute atomic E-state index is 0.129. The van der Waals surface area contributed by atoms with E-state index in [2.05, 4.69) is 47.1 Å². The van der Waals surface area contributed by atoms with Crippen molar-refractivity contribution in [3.63, 3.8) is 0 Å². The molecule has 1 amide bonds. The van der Waals surface area contributed by atoms with Gasteiger partial charge in [-0.2, -0.15) is 0 Å². The minimum Gasteiger partial charge on any atom is -0.338 e. The van der Waals surface area contributed by atoms with Gasteiger partial charge in [-0.1, -0.05) is 30.3 Å². The van der Waals surface area contributed by atoms with E-state index in [4.69, 9.17) is 0 Å². The first-order valence-electron chi connectivity index (χ1n) is 8.63. The monoisotopic (exact) mass is 343 g/mol. The Labute approximate surface area is 148 Å². The van der Waals surface area contributed by atoms with Gasteiger partial charge in [0.2, 0.25) is 0 Å². The van der Waals surface area contributed by atoms with E-state index >= 15 is 0 Å². The molecule has 1 fully saturated rings. The first-order chi connectivity index (χ1) is 11.7. The van der Waals surface area contributed by atoms with Crippen molar-refractivity contribution in [1.29, 1.82) is 0 Å². The van der Waals surface area contributed by atoms with Crippen LogP contribution < -0.4 is 0 Å². The lowest BCUT2D eigenvalue weighted by Crippen LogP contribution is -2.35. The summed E-state index contributed by atoms with van der Waals surface area (Å²) in [6.07, 6.45) is 2.87. The van der Waals surface area contributed by atoms with Gasteiger partial charge in [-0.3, -0.25) is 9.69 Å². The molecule has 24 heavy (non-hydrogen) atoms. The third-order valence-corrected chi connectivity index (χ3v) is 5.50. The van der Waals surface area contributed by atoms with E-state index in [0.29, 0.717) is 5.92 Å². The molecular formula is C19H25N3OS. The lowest BCUT2D eigenvalue weighted by Gasteiger charge is -2.24. The highest BCUT2D eigenvalue weighted by Crippen LogP contribution is 2.21. The second-order valence-electron chi connectivity index (χ2n) is 6.46. The zero-order valence-electron chi connectivity index (χ0n) is 14.4. The Bertz CT molecular complexity index is 670. The van der Waals surface area contributed by atoms with Gasteiger partial charge in [-0.25, -0.2) is 4.98 Å². The summed E-state index contributed by atoms with van der Waals surface area (Å²) in [7, 11) is 0. The Kier molecular flexibility index (Phi) is 5.63. The topological polar surface area (TPSA) is 36.4 Å². The second-order valence-corrected chi connectivity index (χ2v) is 7.70. The van der Waals surface area contributed by atoms with Crippen molar-refractivity contribution in [2.45, 2.75) is 26.8 Å². The second kappa shape index (κ2) is 7.90. The van der Waals surface area contributed by atoms with Gasteiger partial charge in [-0.05, 0) is 38.3 Å². The summed E-state index contributed by atoms with van der Waals surface area (Å²) in [5.74, 6) is 0.691. The van der Waals surface area contributed by atoms with Crippen LogP contribution in [0.1, 0.15) is 33.6 Å². The number of aromatic nitrogens is 1. The van der Waals surface area contributed by atoms with Crippen LogP contribution in [0.5, 0.6) is 0 Å². The fraction of sp³-hybridized carbons (Fsp3) is 0.474.